The van der Waals surface area contributed by atoms with E-state index >= 15 is 0 Å². The molecule has 1 heterocycles. The molecular weight excluding hydrogens is 310 g/mol. The number of amides is 2. The zero-order valence-corrected chi connectivity index (χ0v) is 13.3. The number of nitrogens with one attached hydrogen (secondary N) is 2. The van der Waals surface area contributed by atoms with Crippen LogP contribution in [0.1, 0.15) is 5.69 Å². The second-order valence-electron chi connectivity index (χ2n) is 5.00. The van der Waals surface area contributed by atoms with E-state index in [2.05, 4.69) is 15.8 Å². The number of fused-ring (bicyclic) bond motifs is 1. The lowest BCUT2D eigenvalue weighted by Gasteiger charge is -2.11. The van der Waals surface area contributed by atoms with Crippen molar-refractivity contribution in [3.8, 4) is 11.5 Å². The summed E-state index contributed by atoms with van der Waals surface area (Å²) in [6.45, 7) is 0.260. The number of benzene rings is 2. The summed E-state index contributed by atoms with van der Waals surface area (Å²) in [5, 5.41) is 10.3. The first-order valence-corrected chi connectivity index (χ1v) is 7.31. The van der Waals surface area contributed by atoms with Crippen LogP contribution in [0.15, 0.2) is 47.0 Å². The molecule has 7 nitrogen and oxygen atoms in total. The molecule has 0 spiro atoms. The van der Waals surface area contributed by atoms with Gasteiger partial charge in [-0.3, -0.25) is 0 Å². The highest BCUT2D eigenvalue weighted by atomic mass is 16.5. The van der Waals surface area contributed by atoms with Crippen LogP contribution in [0.25, 0.3) is 11.0 Å². The van der Waals surface area contributed by atoms with Crippen molar-refractivity contribution < 1.29 is 18.8 Å². The van der Waals surface area contributed by atoms with E-state index in [1.54, 1.807) is 25.3 Å². The maximum Gasteiger partial charge on any atom is 0.319 e. The molecule has 0 saturated heterocycles. The molecule has 2 N–H and O–H groups in total. The highest BCUT2D eigenvalue weighted by molar-refractivity contribution is 5.90. The molecule has 0 atom stereocenters. The lowest BCUT2D eigenvalue weighted by molar-refractivity contribution is 0.251. The normalized spacial score (nSPS) is 10.4. The highest BCUT2D eigenvalue weighted by Gasteiger charge is 2.10. The lowest BCUT2D eigenvalue weighted by Crippen LogP contribution is -2.28. The number of rotatable bonds is 5. The Morgan fingerprint density at radius 2 is 1.92 bits per heavy atom. The van der Waals surface area contributed by atoms with Gasteiger partial charge in [0.1, 0.15) is 5.69 Å². The molecule has 2 amide bonds. The second-order valence-corrected chi connectivity index (χ2v) is 5.00. The van der Waals surface area contributed by atoms with Gasteiger partial charge in [-0.05, 0) is 24.3 Å². The van der Waals surface area contributed by atoms with Crippen molar-refractivity contribution in [3.05, 3.63) is 48.2 Å². The van der Waals surface area contributed by atoms with Gasteiger partial charge in [-0.25, -0.2) is 4.79 Å². The molecule has 0 aliphatic rings. The summed E-state index contributed by atoms with van der Waals surface area (Å²) in [7, 11) is 3.09. The van der Waals surface area contributed by atoms with E-state index in [-0.39, 0.29) is 12.6 Å². The summed E-state index contributed by atoms with van der Waals surface area (Å²) >= 11 is 0. The van der Waals surface area contributed by atoms with Gasteiger partial charge in [0.25, 0.3) is 0 Å². The number of carbonyl (C=O) groups excluding carboxylic acids is 1. The van der Waals surface area contributed by atoms with Crippen LogP contribution < -0.4 is 20.1 Å². The summed E-state index contributed by atoms with van der Waals surface area (Å²) in [4.78, 5) is 12.0. The van der Waals surface area contributed by atoms with Crippen LogP contribution in [0.3, 0.4) is 0 Å². The fourth-order valence-corrected chi connectivity index (χ4v) is 2.32. The van der Waals surface area contributed by atoms with Crippen LogP contribution in [0, 0.1) is 0 Å². The molecule has 0 aliphatic heterocycles. The quantitative estimate of drug-likeness (QED) is 0.752. The van der Waals surface area contributed by atoms with Gasteiger partial charge in [-0.2, -0.15) is 0 Å². The van der Waals surface area contributed by atoms with E-state index in [4.69, 9.17) is 14.0 Å². The monoisotopic (exact) mass is 327 g/mol. The van der Waals surface area contributed by atoms with Gasteiger partial charge in [-0.15, -0.1) is 0 Å². The van der Waals surface area contributed by atoms with Gasteiger partial charge < -0.3 is 24.6 Å². The average molecular weight is 327 g/mol. The number of aromatic nitrogens is 1. The molecule has 3 aromatic rings. The van der Waals surface area contributed by atoms with Crippen LogP contribution in [-0.4, -0.2) is 25.4 Å². The summed E-state index contributed by atoms with van der Waals surface area (Å²) < 4.78 is 15.6. The largest absolute Gasteiger partial charge is 0.493 e. The fraction of sp³-hybridized carbons (Fsp3) is 0.176. The van der Waals surface area contributed by atoms with Gasteiger partial charge in [0.2, 0.25) is 0 Å². The molecule has 0 saturated carbocycles. The number of urea groups is 1. The number of nitrogens with zero attached hydrogens (tertiary/aromatic N) is 1. The first kappa shape index (κ1) is 15.7. The van der Waals surface area contributed by atoms with Gasteiger partial charge in [0.05, 0.1) is 20.8 Å². The van der Waals surface area contributed by atoms with Crippen molar-refractivity contribution in [2.45, 2.75) is 6.54 Å². The van der Waals surface area contributed by atoms with E-state index in [9.17, 15) is 4.79 Å². The van der Waals surface area contributed by atoms with Gasteiger partial charge >= 0.3 is 6.03 Å². The molecule has 0 bridgehead atoms. The summed E-state index contributed by atoms with van der Waals surface area (Å²) in [5.41, 5.74) is 1.96. The molecule has 0 fully saturated rings. The van der Waals surface area contributed by atoms with Crippen LogP contribution >= 0.6 is 0 Å². The zero-order chi connectivity index (χ0) is 16.9. The number of para-hydroxylation sites is 1. The molecule has 7 heteroatoms. The first-order valence-electron chi connectivity index (χ1n) is 7.31. The van der Waals surface area contributed by atoms with Crippen LogP contribution in [-0.2, 0) is 6.54 Å². The minimum Gasteiger partial charge on any atom is -0.493 e. The maximum absolute atomic E-state index is 12.0. The average Bonchev–Trinajstić information content (AvgIpc) is 3.03. The SMILES string of the molecule is COc1ccc(NC(=O)NCc2noc3ccccc23)cc1OC. The van der Waals surface area contributed by atoms with Crippen molar-refractivity contribution in [2.75, 3.05) is 19.5 Å². The minimum atomic E-state index is -0.352. The summed E-state index contributed by atoms with van der Waals surface area (Å²) in [6.07, 6.45) is 0. The van der Waals surface area contributed by atoms with Gasteiger partial charge in [0, 0.05) is 17.1 Å². The minimum absolute atomic E-state index is 0.260. The number of anilines is 1. The van der Waals surface area contributed by atoms with Crippen molar-refractivity contribution in [1.82, 2.24) is 10.5 Å². The number of hydrogen-bond acceptors (Lipinski definition) is 5. The molecule has 0 radical (unpaired) electrons. The molecule has 2 aromatic carbocycles. The number of hydrogen-bond donors (Lipinski definition) is 2. The molecule has 1 aromatic heterocycles. The predicted octanol–water partition coefficient (Wildman–Crippen LogP) is 3.17. The highest BCUT2D eigenvalue weighted by Crippen LogP contribution is 2.29. The van der Waals surface area contributed by atoms with Crippen LogP contribution in [0.2, 0.25) is 0 Å². The number of carbonyl (C=O) groups is 1. The standard InChI is InChI=1S/C17H17N3O4/c1-22-15-8-7-11(9-16(15)23-2)19-17(21)18-10-13-12-5-3-4-6-14(12)24-20-13/h3-9H,10H2,1-2H3,(H2,18,19,21). The van der Waals surface area contributed by atoms with E-state index < -0.39 is 0 Å². The van der Waals surface area contributed by atoms with Crippen LogP contribution in [0.5, 0.6) is 11.5 Å². The van der Waals surface area contributed by atoms with Gasteiger partial charge in [0.15, 0.2) is 17.1 Å². The van der Waals surface area contributed by atoms with E-state index in [0.717, 1.165) is 5.39 Å². The third kappa shape index (κ3) is 3.24. The third-order valence-electron chi connectivity index (χ3n) is 3.51. The summed E-state index contributed by atoms with van der Waals surface area (Å²) in [6, 6.07) is 12.3. The van der Waals surface area contributed by atoms with Gasteiger partial charge in [-0.1, -0.05) is 17.3 Å². The number of ether oxygens (including phenoxy) is 2. The van der Waals surface area contributed by atoms with E-state index in [0.29, 0.717) is 28.5 Å². The Balaban J connectivity index is 1.63. The Kier molecular flexibility index (Phi) is 4.51. The number of methoxy groups -OCH3 is 2. The Hall–Kier alpha value is -3.22. The predicted molar refractivity (Wildman–Crippen MR) is 89.4 cm³/mol. The van der Waals surface area contributed by atoms with E-state index in [1.807, 2.05) is 24.3 Å². The summed E-state index contributed by atoms with van der Waals surface area (Å²) in [5.74, 6) is 1.13. The first-order chi connectivity index (χ1) is 11.7. The second kappa shape index (κ2) is 6.91. The molecule has 0 aliphatic carbocycles. The maximum atomic E-state index is 12.0. The van der Waals surface area contributed by atoms with Crippen molar-refractivity contribution >= 4 is 22.7 Å². The third-order valence-corrected chi connectivity index (χ3v) is 3.51. The zero-order valence-electron chi connectivity index (χ0n) is 13.3. The molecule has 0 unspecified atom stereocenters. The fourth-order valence-electron chi connectivity index (χ4n) is 2.32. The molecule has 24 heavy (non-hydrogen) atoms. The Bertz CT molecular complexity index is 860. The van der Waals surface area contributed by atoms with E-state index in [1.165, 1.54) is 7.11 Å². The van der Waals surface area contributed by atoms with Crippen molar-refractivity contribution in [2.24, 2.45) is 0 Å². The Morgan fingerprint density at radius 3 is 2.71 bits per heavy atom. The molecule has 3 rings (SSSR count). The topological polar surface area (TPSA) is 85.6 Å². The molecular formula is C17H17N3O4. The smallest absolute Gasteiger partial charge is 0.319 e. The Morgan fingerprint density at radius 1 is 1.12 bits per heavy atom. The van der Waals surface area contributed by atoms with Crippen molar-refractivity contribution in [1.29, 1.82) is 0 Å². The molecule has 124 valence electrons. The Labute approximate surface area is 138 Å². The lowest BCUT2D eigenvalue weighted by atomic mass is 10.2. The van der Waals surface area contributed by atoms with Crippen molar-refractivity contribution in [3.63, 3.8) is 0 Å². The van der Waals surface area contributed by atoms with Crippen LogP contribution in [0.4, 0.5) is 10.5 Å².